The van der Waals surface area contributed by atoms with Crippen molar-refractivity contribution in [3.05, 3.63) is 34.4 Å². The van der Waals surface area contributed by atoms with E-state index in [9.17, 15) is 0 Å². The Balaban J connectivity index is 2.45. The first-order valence-corrected chi connectivity index (χ1v) is 7.70. The minimum atomic E-state index is 0.491. The summed E-state index contributed by atoms with van der Waals surface area (Å²) >= 11 is 0. The van der Waals surface area contributed by atoms with Crippen molar-refractivity contribution in [2.75, 3.05) is 0 Å². The summed E-state index contributed by atoms with van der Waals surface area (Å²) in [6.07, 6.45) is 6.71. The van der Waals surface area contributed by atoms with E-state index in [1.165, 1.54) is 43.2 Å². The van der Waals surface area contributed by atoms with Crippen LogP contribution in [0.15, 0.2) is 12.1 Å². The van der Waals surface area contributed by atoms with E-state index in [-0.39, 0.29) is 0 Å². The third-order valence-corrected chi connectivity index (χ3v) is 4.39. The van der Waals surface area contributed by atoms with E-state index in [2.05, 4.69) is 39.0 Å². The van der Waals surface area contributed by atoms with Crippen molar-refractivity contribution in [2.45, 2.75) is 71.1 Å². The van der Waals surface area contributed by atoms with Crippen LogP contribution >= 0.6 is 0 Å². The third-order valence-electron chi connectivity index (χ3n) is 4.39. The van der Waals surface area contributed by atoms with E-state index in [4.69, 9.17) is 5.26 Å². The van der Waals surface area contributed by atoms with Gasteiger partial charge in [-0.25, -0.2) is 0 Å². The number of hydrogen-bond acceptors (Lipinski definition) is 1. The molecule has 0 N–H and O–H groups in total. The van der Waals surface area contributed by atoms with Crippen molar-refractivity contribution < 1.29 is 0 Å². The second-order valence-electron chi connectivity index (χ2n) is 6.06. The summed E-state index contributed by atoms with van der Waals surface area (Å²) in [5.41, 5.74) is 6.14. The topological polar surface area (TPSA) is 23.8 Å². The largest absolute Gasteiger partial charge is 0.198 e. The highest BCUT2D eigenvalue weighted by atomic mass is 14.3. The molecule has 0 radical (unpaired) electrons. The predicted molar refractivity (Wildman–Crippen MR) is 80.4 cm³/mol. The maximum absolute atomic E-state index is 9.05. The van der Waals surface area contributed by atoms with E-state index in [0.717, 1.165) is 0 Å². The Bertz CT molecular complexity index is 479. The van der Waals surface area contributed by atoms with Gasteiger partial charge in [-0.15, -0.1) is 0 Å². The van der Waals surface area contributed by atoms with E-state index in [1.54, 1.807) is 11.1 Å². The molecule has 0 saturated carbocycles. The molecule has 0 aliphatic heterocycles. The first kappa shape index (κ1) is 14.1. The molecule has 1 heteroatoms. The Hall–Kier alpha value is -1.29. The van der Waals surface area contributed by atoms with E-state index < -0.39 is 0 Å². The van der Waals surface area contributed by atoms with Gasteiger partial charge in [0.25, 0.3) is 0 Å². The minimum Gasteiger partial charge on any atom is -0.198 e. The Kier molecular flexibility index (Phi) is 4.64. The number of nitrogens with zero attached hydrogens (tertiary/aromatic N) is 1. The van der Waals surface area contributed by atoms with Gasteiger partial charge in [0.2, 0.25) is 0 Å². The third kappa shape index (κ3) is 2.84. The van der Waals surface area contributed by atoms with Crippen LogP contribution in [-0.4, -0.2) is 0 Å². The number of aryl methyl sites for hydroxylation is 1. The van der Waals surface area contributed by atoms with Crippen LogP contribution in [0, 0.1) is 11.3 Å². The van der Waals surface area contributed by atoms with E-state index >= 15 is 0 Å². The molecule has 1 aliphatic carbocycles. The SMILES string of the molecule is CCCCc1c(C(C)C)ccc2c1C(CC#N)CC2. The monoisotopic (exact) mass is 255 g/mol. The molecule has 19 heavy (non-hydrogen) atoms. The van der Waals surface area contributed by atoms with Gasteiger partial charge < -0.3 is 0 Å². The van der Waals surface area contributed by atoms with Crippen LogP contribution in [0.3, 0.4) is 0 Å². The lowest BCUT2D eigenvalue weighted by Gasteiger charge is -2.20. The van der Waals surface area contributed by atoms with Gasteiger partial charge in [-0.1, -0.05) is 39.3 Å². The molecule has 1 nitrogen and oxygen atoms in total. The Morgan fingerprint density at radius 1 is 1.37 bits per heavy atom. The molecule has 102 valence electrons. The van der Waals surface area contributed by atoms with Crippen LogP contribution in [0.1, 0.15) is 80.5 Å². The molecular weight excluding hydrogens is 230 g/mol. The molecule has 1 aromatic carbocycles. The van der Waals surface area contributed by atoms with Crippen molar-refractivity contribution in [2.24, 2.45) is 0 Å². The lowest BCUT2D eigenvalue weighted by molar-refractivity contribution is 0.678. The zero-order valence-corrected chi connectivity index (χ0v) is 12.5. The molecular formula is C18H25N. The quantitative estimate of drug-likeness (QED) is 0.718. The molecule has 0 fully saturated rings. The lowest BCUT2D eigenvalue weighted by Crippen LogP contribution is -2.05. The van der Waals surface area contributed by atoms with Gasteiger partial charge >= 0.3 is 0 Å². The second kappa shape index (κ2) is 6.24. The normalized spacial score (nSPS) is 17.5. The Morgan fingerprint density at radius 2 is 2.16 bits per heavy atom. The van der Waals surface area contributed by atoms with Gasteiger partial charge in [0, 0.05) is 6.42 Å². The molecule has 1 aromatic rings. The summed E-state index contributed by atoms with van der Waals surface area (Å²) in [7, 11) is 0. The standard InChI is InChI=1S/C18H25N/c1-4-5-6-17-16(13(2)3)10-9-14-7-8-15(11-12-19)18(14)17/h9-10,13,15H,4-8,11H2,1-3H3. The maximum atomic E-state index is 9.05. The molecule has 0 heterocycles. The number of unbranched alkanes of at least 4 members (excludes halogenated alkanes) is 1. The summed E-state index contributed by atoms with van der Waals surface area (Å²) < 4.78 is 0. The van der Waals surface area contributed by atoms with Crippen molar-refractivity contribution in [1.29, 1.82) is 5.26 Å². The number of fused-ring (bicyclic) bond motifs is 1. The van der Waals surface area contributed by atoms with E-state index in [0.29, 0.717) is 18.3 Å². The van der Waals surface area contributed by atoms with Crippen LogP contribution in [-0.2, 0) is 12.8 Å². The summed E-state index contributed by atoms with van der Waals surface area (Å²) in [6, 6.07) is 7.04. The average molecular weight is 255 g/mol. The zero-order chi connectivity index (χ0) is 13.8. The fourth-order valence-corrected chi connectivity index (χ4v) is 3.42. The van der Waals surface area contributed by atoms with Crippen LogP contribution in [0.25, 0.3) is 0 Å². The molecule has 1 aliphatic rings. The summed E-state index contributed by atoms with van der Waals surface area (Å²) in [5, 5.41) is 9.05. The van der Waals surface area contributed by atoms with Crippen molar-refractivity contribution in [3.8, 4) is 6.07 Å². The first-order chi connectivity index (χ1) is 9.19. The van der Waals surface area contributed by atoms with Gasteiger partial charge in [0.05, 0.1) is 6.07 Å². The van der Waals surface area contributed by atoms with Crippen molar-refractivity contribution in [3.63, 3.8) is 0 Å². The molecule has 0 aromatic heterocycles. The molecule has 0 saturated heterocycles. The van der Waals surface area contributed by atoms with Crippen molar-refractivity contribution in [1.82, 2.24) is 0 Å². The number of hydrogen-bond donors (Lipinski definition) is 0. The number of rotatable bonds is 5. The molecule has 0 bridgehead atoms. The smallest absolute Gasteiger partial charge is 0.0628 e. The van der Waals surface area contributed by atoms with Crippen LogP contribution in [0.5, 0.6) is 0 Å². The molecule has 1 unspecified atom stereocenters. The van der Waals surface area contributed by atoms with Crippen LogP contribution < -0.4 is 0 Å². The number of nitriles is 1. The van der Waals surface area contributed by atoms with Gasteiger partial charge in [0.1, 0.15) is 0 Å². The molecule has 0 spiro atoms. The summed E-state index contributed by atoms with van der Waals surface area (Å²) in [4.78, 5) is 0. The van der Waals surface area contributed by atoms with Crippen LogP contribution in [0.4, 0.5) is 0 Å². The fraction of sp³-hybridized carbons (Fsp3) is 0.611. The first-order valence-electron chi connectivity index (χ1n) is 7.70. The highest BCUT2D eigenvalue weighted by molar-refractivity contribution is 5.47. The van der Waals surface area contributed by atoms with Gasteiger partial charge in [-0.2, -0.15) is 5.26 Å². The summed E-state index contributed by atoms with van der Waals surface area (Å²) in [5.74, 6) is 1.08. The van der Waals surface area contributed by atoms with Gasteiger partial charge in [-0.05, 0) is 59.8 Å². The average Bonchev–Trinajstić information content (AvgIpc) is 2.79. The van der Waals surface area contributed by atoms with Gasteiger partial charge in [0.15, 0.2) is 0 Å². The Morgan fingerprint density at radius 3 is 2.79 bits per heavy atom. The van der Waals surface area contributed by atoms with Gasteiger partial charge in [-0.3, -0.25) is 0 Å². The molecule has 0 amide bonds. The van der Waals surface area contributed by atoms with Crippen LogP contribution in [0.2, 0.25) is 0 Å². The summed E-state index contributed by atoms with van der Waals surface area (Å²) in [6.45, 7) is 6.82. The van der Waals surface area contributed by atoms with E-state index in [1.807, 2.05) is 0 Å². The highest BCUT2D eigenvalue weighted by Gasteiger charge is 2.26. The molecule has 1 atom stereocenters. The minimum absolute atomic E-state index is 0.491. The maximum Gasteiger partial charge on any atom is 0.0628 e. The van der Waals surface area contributed by atoms with Crippen molar-refractivity contribution >= 4 is 0 Å². The molecule has 2 rings (SSSR count). The lowest BCUT2D eigenvalue weighted by atomic mass is 9.84. The zero-order valence-electron chi connectivity index (χ0n) is 12.5. The fourth-order valence-electron chi connectivity index (χ4n) is 3.42. The highest BCUT2D eigenvalue weighted by Crippen LogP contribution is 2.41. The second-order valence-corrected chi connectivity index (χ2v) is 6.06. The Labute approximate surface area is 117 Å². The predicted octanol–water partition coefficient (Wildman–Crippen LogP) is 5.10. The number of benzene rings is 1.